The van der Waals surface area contributed by atoms with Gasteiger partial charge in [-0.25, -0.2) is 4.79 Å². The topological polar surface area (TPSA) is 40.5 Å². The van der Waals surface area contributed by atoms with E-state index in [0.29, 0.717) is 12.1 Å². The van der Waals surface area contributed by atoms with Gasteiger partial charge in [0.25, 0.3) is 0 Å². The molecule has 0 aromatic rings. The second-order valence-corrected chi connectivity index (χ2v) is 3.45. The third-order valence-corrected chi connectivity index (χ3v) is 2.33. The number of aliphatic carboxylic acids is 1. The molecule has 3 nitrogen and oxygen atoms in total. The first-order chi connectivity index (χ1) is 6.24. The van der Waals surface area contributed by atoms with E-state index in [1.54, 1.807) is 0 Å². The molecule has 3 heteroatoms. The van der Waals surface area contributed by atoms with Crippen LogP contribution in [0.3, 0.4) is 0 Å². The molecule has 0 fully saturated rings. The predicted molar refractivity (Wildman–Crippen MR) is 51.7 cm³/mol. The Morgan fingerprint density at radius 2 is 2.46 bits per heavy atom. The summed E-state index contributed by atoms with van der Waals surface area (Å²) in [5.41, 5.74) is 0.558. The Kier molecular flexibility index (Phi) is 3.96. The maximum Gasteiger partial charge on any atom is 0.332 e. The van der Waals surface area contributed by atoms with Crippen LogP contribution in [0.2, 0.25) is 0 Å². The van der Waals surface area contributed by atoms with Crippen molar-refractivity contribution in [2.75, 3.05) is 19.6 Å². The summed E-state index contributed by atoms with van der Waals surface area (Å²) >= 11 is 0. The highest BCUT2D eigenvalue weighted by Gasteiger charge is 2.16. The van der Waals surface area contributed by atoms with Gasteiger partial charge in [0.1, 0.15) is 0 Å². The highest BCUT2D eigenvalue weighted by Crippen LogP contribution is 2.10. The molecular weight excluding hydrogens is 166 g/mol. The lowest BCUT2D eigenvalue weighted by Crippen LogP contribution is -2.32. The van der Waals surface area contributed by atoms with Crippen LogP contribution in [0, 0.1) is 0 Å². The zero-order chi connectivity index (χ0) is 9.68. The lowest BCUT2D eigenvalue weighted by Gasteiger charge is -2.25. The molecule has 13 heavy (non-hydrogen) atoms. The standard InChI is InChI=1S/C10H17NO2/c1-2-3-6-11-7-4-5-9(8-11)10(12)13/h5H,2-4,6-8H2,1H3,(H,12,13). The minimum atomic E-state index is -0.763. The van der Waals surface area contributed by atoms with E-state index < -0.39 is 5.97 Å². The average molecular weight is 183 g/mol. The van der Waals surface area contributed by atoms with Gasteiger partial charge in [-0.3, -0.25) is 4.90 Å². The van der Waals surface area contributed by atoms with Crippen LogP contribution in [0.15, 0.2) is 11.6 Å². The van der Waals surface area contributed by atoms with Crippen molar-refractivity contribution in [2.24, 2.45) is 0 Å². The minimum absolute atomic E-state index is 0.558. The van der Waals surface area contributed by atoms with Gasteiger partial charge in [0.05, 0.1) is 0 Å². The highest BCUT2D eigenvalue weighted by atomic mass is 16.4. The van der Waals surface area contributed by atoms with Gasteiger partial charge in [0, 0.05) is 18.7 Å². The van der Waals surface area contributed by atoms with Gasteiger partial charge in [-0.2, -0.15) is 0 Å². The second-order valence-electron chi connectivity index (χ2n) is 3.45. The number of hydrogen-bond donors (Lipinski definition) is 1. The van der Waals surface area contributed by atoms with Gasteiger partial charge in [0.15, 0.2) is 0 Å². The maximum absolute atomic E-state index is 10.7. The van der Waals surface area contributed by atoms with Crippen molar-refractivity contribution in [2.45, 2.75) is 26.2 Å². The Balaban J connectivity index is 2.38. The van der Waals surface area contributed by atoms with Crippen LogP contribution in [0.25, 0.3) is 0 Å². The number of unbranched alkanes of at least 4 members (excludes halogenated alkanes) is 1. The average Bonchev–Trinajstić information content (AvgIpc) is 2.15. The normalized spacial score (nSPS) is 18.4. The second kappa shape index (κ2) is 5.02. The fourth-order valence-electron chi connectivity index (χ4n) is 1.53. The first-order valence-electron chi connectivity index (χ1n) is 4.88. The third-order valence-electron chi connectivity index (χ3n) is 2.33. The van der Waals surface area contributed by atoms with Crippen LogP contribution < -0.4 is 0 Å². The van der Waals surface area contributed by atoms with Crippen molar-refractivity contribution in [1.29, 1.82) is 0 Å². The number of carboxylic acid groups (broad SMARTS) is 1. The van der Waals surface area contributed by atoms with E-state index in [1.807, 2.05) is 6.08 Å². The van der Waals surface area contributed by atoms with E-state index in [-0.39, 0.29) is 0 Å². The molecular formula is C10H17NO2. The summed E-state index contributed by atoms with van der Waals surface area (Å²) in [5.74, 6) is -0.763. The number of carbonyl (C=O) groups is 1. The molecule has 0 saturated carbocycles. The zero-order valence-electron chi connectivity index (χ0n) is 8.12. The molecule has 0 amide bonds. The van der Waals surface area contributed by atoms with Crippen molar-refractivity contribution >= 4 is 5.97 Å². The van der Waals surface area contributed by atoms with E-state index in [4.69, 9.17) is 5.11 Å². The molecule has 0 atom stereocenters. The summed E-state index contributed by atoms with van der Waals surface area (Å²) in [6.07, 6.45) is 5.05. The van der Waals surface area contributed by atoms with Crippen LogP contribution in [0.1, 0.15) is 26.2 Å². The number of hydrogen-bond acceptors (Lipinski definition) is 2. The number of carboxylic acids is 1. The zero-order valence-corrected chi connectivity index (χ0v) is 8.12. The Labute approximate surface area is 79.0 Å². The van der Waals surface area contributed by atoms with Crippen LogP contribution in [-0.4, -0.2) is 35.6 Å². The van der Waals surface area contributed by atoms with E-state index in [2.05, 4.69) is 11.8 Å². The molecule has 1 aliphatic rings. The quantitative estimate of drug-likeness (QED) is 0.718. The molecule has 1 rings (SSSR count). The molecule has 74 valence electrons. The summed E-state index contributed by atoms with van der Waals surface area (Å²) in [5, 5.41) is 8.79. The molecule has 0 aromatic carbocycles. The lowest BCUT2D eigenvalue weighted by molar-refractivity contribution is -0.133. The van der Waals surface area contributed by atoms with Gasteiger partial charge < -0.3 is 5.11 Å². The molecule has 0 aliphatic carbocycles. The fraction of sp³-hybridized carbons (Fsp3) is 0.700. The molecule has 0 radical (unpaired) electrons. The van der Waals surface area contributed by atoms with Gasteiger partial charge in [-0.15, -0.1) is 0 Å². The summed E-state index contributed by atoms with van der Waals surface area (Å²) in [7, 11) is 0. The molecule has 1 heterocycles. The molecule has 0 unspecified atom stereocenters. The minimum Gasteiger partial charge on any atom is -0.478 e. The van der Waals surface area contributed by atoms with Crippen molar-refractivity contribution in [1.82, 2.24) is 4.90 Å². The Bertz CT molecular complexity index is 211. The van der Waals surface area contributed by atoms with Crippen LogP contribution in [0.4, 0.5) is 0 Å². The van der Waals surface area contributed by atoms with Gasteiger partial charge in [-0.1, -0.05) is 19.4 Å². The Hall–Kier alpha value is -0.830. The van der Waals surface area contributed by atoms with Crippen LogP contribution >= 0.6 is 0 Å². The van der Waals surface area contributed by atoms with E-state index in [9.17, 15) is 4.79 Å². The van der Waals surface area contributed by atoms with Gasteiger partial charge >= 0.3 is 5.97 Å². The first kappa shape index (κ1) is 10.3. The third kappa shape index (κ3) is 3.19. The molecule has 0 bridgehead atoms. The molecule has 1 aliphatic heterocycles. The van der Waals surface area contributed by atoms with Crippen LogP contribution in [-0.2, 0) is 4.79 Å². The summed E-state index contributed by atoms with van der Waals surface area (Å²) in [6, 6.07) is 0. The van der Waals surface area contributed by atoms with E-state index in [0.717, 1.165) is 25.9 Å². The van der Waals surface area contributed by atoms with Crippen molar-refractivity contribution in [3.63, 3.8) is 0 Å². The smallest absolute Gasteiger partial charge is 0.332 e. The lowest BCUT2D eigenvalue weighted by atomic mass is 10.1. The highest BCUT2D eigenvalue weighted by molar-refractivity contribution is 5.87. The van der Waals surface area contributed by atoms with Crippen molar-refractivity contribution in [3.05, 3.63) is 11.6 Å². The molecule has 0 spiro atoms. The van der Waals surface area contributed by atoms with Crippen LogP contribution in [0.5, 0.6) is 0 Å². The summed E-state index contributed by atoms with van der Waals surface area (Å²) in [4.78, 5) is 12.9. The van der Waals surface area contributed by atoms with Crippen molar-refractivity contribution < 1.29 is 9.90 Å². The molecule has 0 aromatic heterocycles. The number of rotatable bonds is 4. The van der Waals surface area contributed by atoms with Gasteiger partial charge in [-0.05, 0) is 19.4 Å². The van der Waals surface area contributed by atoms with Gasteiger partial charge in [0.2, 0.25) is 0 Å². The SMILES string of the molecule is CCCCN1CCC=C(C(=O)O)C1. The van der Waals surface area contributed by atoms with Crippen molar-refractivity contribution in [3.8, 4) is 0 Å². The summed E-state index contributed by atoms with van der Waals surface area (Å²) < 4.78 is 0. The Morgan fingerprint density at radius 1 is 1.69 bits per heavy atom. The predicted octanol–water partition coefficient (Wildman–Crippen LogP) is 1.50. The molecule has 1 N–H and O–H groups in total. The summed E-state index contributed by atoms with van der Waals surface area (Å²) in [6.45, 7) is 4.81. The fourth-order valence-corrected chi connectivity index (χ4v) is 1.53. The Morgan fingerprint density at radius 3 is 3.08 bits per heavy atom. The first-order valence-corrected chi connectivity index (χ1v) is 4.88. The molecule has 0 saturated heterocycles. The largest absolute Gasteiger partial charge is 0.478 e. The van der Waals surface area contributed by atoms with E-state index in [1.165, 1.54) is 6.42 Å². The van der Waals surface area contributed by atoms with E-state index >= 15 is 0 Å². The maximum atomic E-state index is 10.7. The monoisotopic (exact) mass is 183 g/mol. The number of nitrogens with zero attached hydrogens (tertiary/aromatic N) is 1.